The zero-order valence-electron chi connectivity index (χ0n) is 9.65. The van der Waals surface area contributed by atoms with Gasteiger partial charge >= 0.3 is 0 Å². The average molecular weight is 224 g/mol. The van der Waals surface area contributed by atoms with Crippen molar-refractivity contribution in [3.63, 3.8) is 0 Å². The third-order valence-corrected chi connectivity index (χ3v) is 4.50. The summed E-state index contributed by atoms with van der Waals surface area (Å²) in [6.07, 6.45) is 4.53. The van der Waals surface area contributed by atoms with Gasteiger partial charge in [0.15, 0.2) is 5.79 Å². The maximum atomic E-state index is 10.1. The molecule has 3 fully saturated rings. The molecule has 0 radical (unpaired) electrons. The lowest BCUT2D eigenvalue weighted by Crippen LogP contribution is -2.34. The summed E-state index contributed by atoms with van der Waals surface area (Å²) in [6.45, 7) is 5.57. The lowest BCUT2D eigenvalue weighted by Gasteiger charge is -2.29. The van der Waals surface area contributed by atoms with E-state index in [9.17, 15) is 5.11 Å². The molecule has 0 aromatic rings. The molecule has 0 unspecified atom stereocenters. The molecule has 0 amide bonds. The minimum absolute atomic E-state index is 0.190. The van der Waals surface area contributed by atoms with Crippen LogP contribution in [0.3, 0.4) is 0 Å². The van der Waals surface area contributed by atoms with Crippen LogP contribution in [0.25, 0.3) is 0 Å². The van der Waals surface area contributed by atoms with E-state index in [1.165, 1.54) is 5.57 Å². The maximum Gasteiger partial charge on any atom is 0.169 e. The van der Waals surface area contributed by atoms with Crippen LogP contribution in [0.2, 0.25) is 0 Å². The van der Waals surface area contributed by atoms with Crippen molar-refractivity contribution in [2.24, 2.45) is 11.8 Å². The fourth-order valence-corrected chi connectivity index (χ4v) is 3.59. The molecule has 1 N–H and O–H groups in total. The number of aliphatic hydroxyl groups is 1. The van der Waals surface area contributed by atoms with Gasteiger partial charge in [-0.3, -0.25) is 0 Å². The summed E-state index contributed by atoms with van der Waals surface area (Å²) in [5.41, 5.74) is 1.29. The van der Waals surface area contributed by atoms with Gasteiger partial charge in [0.1, 0.15) is 0 Å². The van der Waals surface area contributed by atoms with Crippen molar-refractivity contribution in [1.82, 2.24) is 0 Å². The fraction of sp³-hybridized carbons (Fsp3) is 0.846. The molecule has 1 spiro atoms. The zero-order chi connectivity index (χ0) is 11.2. The van der Waals surface area contributed by atoms with Gasteiger partial charge in [-0.15, -0.1) is 0 Å². The monoisotopic (exact) mass is 224 g/mol. The van der Waals surface area contributed by atoms with Crippen molar-refractivity contribution in [2.75, 3.05) is 13.2 Å². The Morgan fingerprint density at radius 3 is 2.75 bits per heavy atom. The summed E-state index contributed by atoms with van der Waals surface area (Å²) in [5.74, 6) is 0.378. The van der Waals surface area contributed by atoms with Crippen LogP contribution in [0, 0.1) is 11.8 Å². The van der Waals surface area contributed by atoms with Gasteiger partial charge in [-0.05, 0) is 31.1 Å². The maximum absolute atomic E-state index is 10.1. The normalized spacial score (nSPS) is 42.3. The molecule has 3 aliphatic rings. The minimum atomic E-state index is -0.409. The standard InChI is InChI=1S/C13H20O3/c1-9-4-5-13(15-6-7-16-13)8-11-10(9)2-3-12(11)14/h10-12,14H,1-8H2/t10-,11+,12+/m0/s1. The fourth-order valence-electron chi connectivity index (χ4n) is 3.59. The number of aliphatic hydroxyl groups excluding tert-OH is 1. The molecule has 3 atom stereocenters. The largest absolute Gasteiger partial charge is 0.393 e. The summed E-state index contributed by atoms with van der Waals surface area (Å²) in [5, 5.41) is 10.1. The predicted octanol–water partition coefficient (Wildman–Crippen LogP) is 1.86. The number of hydrogen-bond donors (Lipinski definition) is 1. The molecule has 3 rings (SSSR count). The van der Waals surface area contributed by atoms with E-state index in [4.69, 9.17) is 9.47 Å². The number of hydrogen-bond acceptors (Lipinski definition) is 3. The Morgan fingerprint density at radius 2 is 2.00 bits per heavy atom. The first kappa shape index (κ1) is 10.8. The van der Waals surface area contributed by atoms with Gasteiger partial charge < -0.3 is 14.6 Å². The quantitative estimate of drug-likeness (QED) is 0.638. The first-order chi connectivity index (χ1) is 7.70. The third-order valence-electron chi connectivity index (χ3n) is 4.50. The molecule has 90 valence electrons. The topological polar surface area (TPSA) is 38.7 Å². The molecular weight excluding hydrogens is 204 g/mol. The Morgan fingerprint density at radius 1 is 1.25 bits per heavy atom. The van der Waals surface area contributed by atoms with Crippen LogP contribution in [0.1, 0.15) is 32.1 Å². The second-order valence-corrected chi connectivity index (χ2v) is 5.39. The molecular formula is C13H20O3. The van der Waals surface area contributed by atoms with E-state index in [-0.39, 0.29) is 6.10 Å². The van der Waals surface area contributed by atoms with Gasteiger partial charge in [-0.25, -0.2) is 0 Å². The molecule has 2 saturated carbocycles. The molecule has 3 nitrogen and oxygen atoms in total. The highest BCUT2D eigenvalue weighted by molar-refractivity contribution is 5.11. The van der Waals surface area contributed by atoms with E-state index in [0.717, 1.165) is 32.1 Å². The lowest BCUT2D eigenvalue weighted by atomic mass is 9.87. The van der Waals surface area contributed by atoms with Gasteiger partial charge in [0.2, 0.25) is 0 Å². The van der Waals surface area contributed by atoms with Crippen molar-refractivity contribution in [3.8, 4) is 0 Å². The van der Waals surface area contributed by atoms with Crippen molar-refractivity contribution in [2.45, 2.75) is 44.0 Å². The van der Waals surface area contributed by atoms with Gasteiger partial charge in [0.25, 0.3) is 0 Å². The first-order valence-corrected chi connectivity index (χ1v) is 6.34. The van der Waals surface area contributed by atoms with Crippen LogP contribution >= 0.6 is 0 Å². The summed E-state index contributed by atoms with van der Waals surface area (Å²) < 4.78 is 11.6. The smallest absolute Gasteiger partial charge is 0.169 e. The molecule has 1 aliphatic heterocycles. The predicted molar refractivity (Wildman–Crippen MR) is 59.8 cm³/mol. The lowest BCUT2D eigenvalue weighted by molar-refractivity contribution is -0.176. The second kappa shape index (κ2) is 3.83. The van der Waals surface area contributed by atoms with Crippen molar-refractivity contribution >= 4 is 0 Å². The number of ether oxygens (including phenoxy) is 2. The Hall–Kier alpha value is -0.380. The number of rotatable bonds is 0. The Balaban J connectivity index is 1.85. The highest BCUT2D eigenvalue weighted by Gasteiger charge is 2.48. The molecule has 2 aliphatic carbocycles. The summed E-state index contributed by atoms with van der Waals surface area (Å²) in [7, 11) is 0. The van der Waals surface area contributed by atoms with E-state index < -0.39 is 5.79 Å². The van der Waals surface area contributed by atoms with Gasteiger partial charge in [-0.1, -0.05) is 12.2 Å². The molecule has 1 heterocycles. The van der Waals surface area contributed by atoms with Gasteiger partial charge in [0.05, 0.1) is 19.3 Å². The van der Waals surface area contributed by atoms with Gasteiger partial charge in [0, 0.05) is 12.8 Å². The third kappa shape index (κ3) is 1.62. The van der Waals surface area contributed by atoms with E-state index in [1.54, 1.807) is 0 Å². The molecule has 0 bridgehead atoms. The molecule has 1 saturated heterocycles. The summed E-state index contributed by atoms with van der Waals surface area (Å²) in [6, 6.07) is 0. The molecule has 0 aromatic carbocycles. The SMILES string of the molecule is C=C1CCC2(C[C@H]3[C@H](O)CC[C@@H]13)OCCO2. The molecule has 0 aromatic heterocycles. The van der Waals surface area contributed by atoms with Crippen molar-refractivity contribution in [1.29, 1.82) is 0 Å². The summed E-state index contributed by atoms with van der Waals surface area (Å²) >= 11 is 0. The van der Waals surface area contributed by atoms with Crippen LogP contribution in [-0.4, -0.2) is 30.2 Å². The highest BCUT2D eigenvalue weighted by Crippen LogP contribution is 2.48. The van der Waals surface area contributed by atoms with Crippen LogP contribution in [-0.2, 0) is 9.47 Å². The van der Waals surface area contributed by atoms with Crippen LogP contribution < -0.4 is 0 Å². The average Bonchev–Trinajstić information content (AvgIpc) is 2.82. The first-order valence-electron chi connectivity index (χ1n) is 6.34. The number of fused-ring (bicyclic) bond motifs is 1. The summed E-state index contributed by atoms with van der Waals surface area (Å²) in [4.78, 5) is 0. The van der Waals surface area contributed by atoms with Crippen LogP contribution in [0.15, 0.2) is 12.2 Å². The van der Waals surface area contributed by atoms with E-state index in [1.807, 2.05) is 0 Å². The minimum Gasteiger partial charge on any atom is -0.393 e. The Labute approximate surface area is 96.4 Å². The Bertz CT molecular complexity index is 294. The highest BCUT2D eigenvalue weighted by atomic mass is 16.7. The van der Waals surface area contributed by atoms with Gasteiger partial charge in [-0.2, -0.15) is 0 Å². The van der Waals surface area contributed by atoms with E-state index in [0.29, 0.717) is 25.0 Å². The van der Waals surface area contributed by atoms with Crippen LogP contribution in [0.4, 0.5) is 0 Å². The van der Waals surface area contributed by atoms with E-state index in [2.05, 4.69) is 6.58 Å². The van der Waals surface area contributed by atoms with Crippen molar-refractivity contribution in [3.05, 3.63) is 12.2 Å². The van der Waals surface area contributed by atoms with Crippen molar-refractivity contribution < 1.29 is 14.6 Å². The second-order valence-electron chi connectivity index (χ2n) is 5.39. The van der Waals surface area contributed by atoms with Crippen LogP contribution in [0.5, 0.6) is 0 Å². The molecule has 16 heavy (non-hydrogen) atoms. The molecule has 3 heteroatoms. The number of allylic oxidation sites excluding steroid dienone is 1. The van der Waals surface area contributed by atoms with E-state index >= 15 is 0 Å². The Kier molecular flexibility index (Phi) is 2.57. The zero-order valence-corrected chi connectivity index (χ0v) is 9.65.